The van der Waals surface area contributed by atoms with E-state index in [1.807, 2.05) is 25.1 Å². The Hall–Kier alpha value is -1.84. The van der Waals surface area contributed by atoms with Gasteiger partial charge in [0.05, 0.1) is 0 Å². The highest BCUT2D eigenvalue weighted by Crippen LogP contribution is 2.29. The number of urea groups is 1. The summed E-state index contributed by atoms with van der Waals surface area (Å²) in [5.74, 6) is 1.23. The molecule has 2 N–H and O–H groups in total. The van der Waals surface area contributed by atoms with Gasteiger partial charge in [0, 0.05) is 12.4 Å². The van der Waals surface area contributed by atoms with Crippen LogP contribution in [0, 0.1) is 12.8 Å². The van der Waals surface area contributed by atoms with Gasteiger partial charge in [-0.25, -0.2) is 9.78 Å². The van der Waals surface area contributed by atoms with Crippen LogP contribution in [0.4, 0.5) is 10.6 Å². The second kappa shape index (κ2) is 4.79. The van der Waals surface area contributed by atoms with Gasteiger partial charge in [-0.1, -0.05) is 6.08 Å². The topological polar surface area (TPSA) is 54.0 Å². The van der Waals surface area contributed by atoms with Crippen LogP contribution in [0.1, 0.15) is 18.4 Å². The second-order valence-corrected chi connectivity index (χ2v) is 4.01. The second-order valence-electron chi connectivity index (χ2n) is 4.01. The van der Waals surface area contributed by atoms with Crippen molar-refractivity contribution in [1.29, 1.82) is 0 Å². The van der Waals surface area contributed by atoms with E-state index in [1.165, 1.54) is 12.8 Å². The van der Waals surface area contributed by atoms with Crippen LogP contribution in [0.25, 0.3) is 0 Å². The van der Waals surface area contributed by atoms with Crippen LogP contribution in [0.15, 0.2) is 30.6 Å². The smallest absolute Gasteiger partial charge is 0.315 e. The molecule has 0 unspecified atom stereocenters. The van der Waals surface area contributed by atoms with Gasteiger partial charge in [-0.15, -0.1) is 0 Å². The molecular formula is C12H15N3O. The Morgan fingerprint density at radius 1 is 1.56 bits per heavy atom. The Kier molecular flexibility index (Phi) is 3.19. The minimum absolute atomic E-state index is 0.255. The van der Waals surface area contributed by atoms with Crippen LogP contribution in [0.5, 0.6) is 0 Å². The Bertz CT molecular complexity index is 410. The minimum Gasteiger partial charge on any atom is -0.315 e. The summed E-state index contributed by atoms with van der Waals surface area (Å²) < 4.78 is 0. The van der Waals surface area contributed by atoms with Gasteiger partial charge in [-0.05, 0) is 43.4 Å². The summed E-state index contributed by atoms with van der Waals surface area (Å²) in [4.78, 5) is 15.5. The van der Waals surface area contributed by atoms with Crippen LogP contribution in [-0.2, 0) is 0 Å². The molecule has 4 nitrogen and oxygen atoms in total. The molecule has 0 spiro atoms. The third kappa shape index (κ3) is 3.38. The number of carbonyl (C=O) groups excluding carboxylic acids is 1. The van der Waals surface area contributed by atoms with Crippen LogP contribution in [-0.4, -0.2) is 11.0 Å². The number of hydrogen-bond donors (Lipinski definition) is 2. The normalized spacial score (nSPS) is 15.1. The Morgan fingerprint density at radius 3 is 3.06 bits per heavy atom. The Labute approximate surface area is 94.8 Å². The van der Waals surface area contributed by atoms with Crippen molar-refractivity contribution in [2.75, 3.05) is 5.32 Å². The average molecular weight is 217 g/mol. The first kappa shape index (κ1) is 10.7. The third-order valence-electron chi connectivity index (χ3n) is 2.36. The maximum absolute atomic E-state index is 11.4. The van der Waals surface area contributed by atoms with Crippen molar-refractivity contribution in [3.63, 3.8) is 0 Å². The summed E-state index contributed by atoms with van der Waals surface area (Å²) in [5.41, 5.74) is 1.07. The number of nitrogens with one attached hydrogen (secondary N) is 2. The van der Waals surface area contributed by atoms with E-state index < -0.39 is 0 Å². The van der Waals surface area contributed by atoms with Gasteiger partial charge >= 0.3 is 6.03 Å². The minimum atomic E-state index is -0.255. The number of amides is 2. The number of allylic oxidation sites excluding steroid dienone is 1. The predicted molar refractivity (Wildman–Crippen MR) is 63.0 cm³/mol. The SMILES string of the molecule is Cc1ccnc(NC(=O)N/C=C/C2CC2)c1. The molecular weight excluding hydrogens is 202 g/mol. The fourth-order valence-corrected chi connectivity index (χ4v) is 1.31. The van der Waals surface area contributed by atoms with Crippen LogP contribution in [0.2, 0.25) is 0 Å². The molecule has 2 amide bonds. The maximum Gasteiger partial charge on any atom is 0.324 e. The molecule has 0 aliphatic heterocycles. The van der Waals surface area contributed by atoms with Gasteiger partial charge in [0.25, 0.3) is 0 Å². The molecule has 1 heterocycles. The fraction of sp³-hybridized carbons (Fsp3) is 0.333. The molecule has 0 atom stereocenters. The largest absolute Gasteiger partial charge is 0.324 e. The first-order chi connectivity index (χ1) is 7.74. The van der Waals surface area contributed by atoms with E-state index >= 15 is 0 Å². The summed E-state index contributed by atoms with van der Waals surface area (Å²) in [6.07, 6.45) is 7.86. The van der Waals surface area contributed by atoms with Crippen molar-refractivity contribution in [2.45, 2.75) is 19.8 Å². The zero-order valence-corrected chi connectivity index (χ0v) is 9.23. The molecule has 1 saturated carbocycles. The highest BCUT2D eigenvalue weighted by molar-refractivity contribution is 5.88. The van der Waals surface area contributed by atoms with Crippen LogP contribution in [0.3, 0.4) is 0 Å². The van der Waals surface area contributed by atoms with Crippen molar-refractivity contribution in [2.24, 2.45) is 5.92 Å². The van der Waals surface area contributed by atoms with E-state index in [2.05, 4.69) is 15.6 Å². The molecule has 4 heteroatoms. The molecule has 84 valence electrons. The first-order valence-corrected chi connectivity index (χ1v) is 5.41. The predicted octanol–water partition coefficient (Wildman–Crippen LogP) is 2.44. The van der Waals surface area contributed by atoms with E-state index in [4.69, 9.17) is 0 Å². The first-order valence-electron chi connectivity index (χ1n) is 5.41. The number of nitrogens with zero attached hydrogens (tertiary/aromatic N) is 1. The van der Waals surface area contributed by atoms with Gasteiger partial charge in [-0.3, -0.25) is 5.32 Å². The average Bonchev–Trinajstić information content (AvgIpc) is 3.01. The van der Waals surface area contributed by atoms with Crippen molar-refractivity contribution in [1.82, 2.24) is 10.3 Å². The van der Waals surface area contributed by atoms with Gasteiger partial charge in [-0.2, -0.15) is 0 Å². The van der Waals surface area contributed by atoms with E-state index in [0.717, 1.165) is 5.56 Å². The van der Waals surface area contributed by atoms with E-state index in [0.29, 0.717) is 11.7 Å². The van der Waals surface area contributed by atoms with Crippen molar-refractivity contribution in [3.05, 3.63) is 36.2 Å². The fourth-order valence-electron chi connectivity index (χ4n) is 1.31. The third-order valence-corrected chi connectivity index (χ3v) is 2.36. The Morgan fingerprint density at radius 2 is 2.38 bits per heavy atom. The van der Waals surface area contributed by atoms with Crippen molar-refractivity contribution in [3.8, 4) is 0 Å². The highest BCUT2D eigenvalue weighted by Gasteiger charge is 2.17. The quantitative estimate of drug-likeness (QED) is 0.817. The number of anilines is 1. The zero-order valence-electron chi connectivity index (χ0n) is 9.23. The lowest BCUT2D eigenvalue weighted by Gasteiger charge is -2.03. The summed E-state index contributed by atoms with van der Waals surface area (Å²) in [7, 11) is 0. The van der Waals surface area contributed by atoms with Gasteiger partial charge in [0.1, 0.15) is 5.82 Å². The maximum atomic E-state index is 11.4. The summed E-state index contributed by atoms with van der Waals surface area (Å²) >= 11 is 0. The highest BCUT2D eigenvalue weighted by atomic mass is 16.2. The van der Waals surface area contributed by atoms with E-state index in [1.54, 1.807) is 12.4 Å². The number of aryl methyl sites for hydroxylation is 1. The summed E-state index contributed by atoms with van der Waals surface area (Å²) in [6, 6.07) is 3.45. The molecule has 0 aromatic carbocycles. The summed E-state index contributed by atoms with van der Waals surface area (Å²) in [6.45, 7) is 1.96. The molecule has 1 fully saturated rings. The number of carbonyl (C=O) groups is 1. The number of rotatable bonds is 3. The molecule has 1 aliphatic carbocycles. The zero-order chi connectivity index (χ0) is 11.4. The molecule has 0 radical (unpaired) electrons. The number of aromatic nitrogens is 1. The molecule has 16 heavy (non-hydrogen) atoms. The van der Waals surface area contributed by atoms with Crippen LogP contribution >= 0.6 is 0 Å². The standard InChI is InChI=1S/C12H15N3O/c1-9-4-6-13-11(8-9)15-12(16)14-7-5-10-2-3-10/h4-8,10H,2-3H2,1H3,(H2,13,14,15,16)/b7-5+. The van der Waals surface area contributed by atoms with E-state index in [9.17, 15) is 4.79 Å². The lowest BCUT2D eigenvalue weighted by atomic mass is 10.3. The number of pyridine rings is 1. The molecule has 0 saturated heterocycles. The van der Waals surface area contributed by atoms with Gasteiger partial charge in [0.2, 0.25) is 0 Å². The van der Waals surface area contributed by atoms with Crippen molar-refractivity contribution >= 4 is 11.8 Å². The van der Waals surface area contributed by atoms with E-state index in [-0.39, 0.29) is 6.03 Å². The monoisotopic (exact) mass is 217 g/mol. The Balaban J connectivity index is 1.81. The molecule has 1 aromatic rings. The molecule has 2 rings (SSSR count). The van der Waals surface area contributed by atoms with Gasteiger partial charge in [0.15, 0.2) is 0 Å². The molecule has 1 aromatic heterocycles. The summed E-state index contributed by atoms with van der Waals surface area (Å²) in [5, 5.41) is 5.32. The molecule has 1 aliphatic rings. The lowest BCUT2D eigenvalue weighted by Crippen LogP contribution is -2.24. The lowest BCUT2D eigenvalue weighted by molar-refractivity contribution is 0.255. The van der Waals surface area contributed by atoms with Crippen LogP contribution < -0.4 is 10.6 Å². The number of hydrogen-bond acceptors (Lipinski definition) is 2. The molecule has 0 bridgehead atoms. The van der Waals surface area contributed by atoms with Crippen molar-refractivity contribution < 1.29 is 4.79 Å². The van der Waals surface area contributed by atoms with Gasteiger partial charge < -0.3 is 5.32 Å².